The van der Waals surface area contributed by atoms with E-state index in [0.29, 0.717) is 6.42 Å². The third-order valence-electron chi connectivity index (χ3n) is 15.2. The second-order valence-electron chi connectivity index (χ2n) is 22.5. The summed E-state index contributed by atoms with van der Waals surface area (Å²) in [6.07, 6.45) is 75.3. The van der Waals surface area contributed by atoms with Crippen LogP contribution < -0.4 is 5.32 Å². The van der Waals surface area contributed by atoms with Crippen molar-refractivity contribution in [2.45, 2.75) is 333 Å². The Hall–Kier alpha value is -2.63. The molecule has 0 spiro atoms. The van der Waals surface area contributed by atoms with Crippen molar-refractivity contribution in [2.75, 3.05) is 13.2 Å². The third kappa shape index (κ3) is 46.0. The van der Waals surface area contributed by atoms with Gasteiger partial charge in [0.25, 0.3) is 0 Å². The summed E-state index contributed by atoms with van der Waals surface area (Å²) in [6, 6.07) is -0.825. The number of aliphatic hydroxyl groups is 5. The number of nitrogens with one attached hydrogen (secondary N) is 1. The molecule has 9 nitrogen and oxygen atoms in total. The van der Waals surface area contributed by atoms with Crippen LogP contribution in [0.2, 0.25) is 0 Å². The summed E-state index contributed by atoms with van der Waals surface area (Å²) < 4.78 is 11.3. The summed E-state index contributed by atoms with van der Waals surface area (Å²) in [5.41, 5.74) is 0. The van der Waals surface area contributed by atoms with E-state index >= 15 is 0 Å². The van der Waals surface area contributed by atoms with Gasteiger partial charge in [0, 0.05) is 6.42 Å². The molecule has 1 saturated heterocycles. The molecule has 0 saturated carbocycles. The molecule has 1 aliphatic heterocycles. The van der Waals surface area contributed by atoms with Gasteiger partial charge in [0.05, 0.1) is 25.4 Å². The Morgan fingerprint density at radius 2 is 0.808 bits per heavy atom. The van der Waals surface area contributed by atoms with Crippen LogP contribution in [0, 0.1) is 0 Å². The van der Waals surface area contributed by atoms with Crippen molar-refractivity contribution in [1.82, 2.24) is 5.32 Å². The lowest BCUT2D eigenvalue weighted by Crippen LogP contribution is -2.60. The van der Waals surface area contributed by atoms with Crippen molar-refractivity contribution in [3.05, 3.63) is 85.1 Å². The number of aliphatic hydroxyl groups excluding tert-OH is 5. The molecular formula is C69H123NO8. The number of unbranched alkanes of at least 4 members (excludes halogenated alkanes) is 34. The highest BCUT2D eigenvalue weighted by molar-refractivity contribution is 5.76. The van der Waals surface area contributed by atoms with E-state index < -0.39 is 49.5 Å². The number of amides is 1. The second-order valence-corrected chi connectivity index (χ2v) is 22.5. The van der Waals surface area contributed by atoms with Crippen LogP contribution >= 0.6 is 0 Å². The first kappa shape index (κ1) is 73.4. The first-order chi connectivity index (χ1) is 38.3. The van der Waals surface area contributed by atoms with E-state index in [-0.39, 0.29) is 12.5 Å². The van der Waals surface area contributed by atoms with E-state index in [1.165, 1.54) is 199 Å². The van der Waals surface area contributed by atoms with E-state index in [2.05, 4.69) is 92.1 Å². The zero-order valence-corrected chi connectivity index (χ0v) is 50.4. The number of ether oxygens (including phenoxy) is 2. The average molecular weight is 1090 g/mol. The standard InChI is InChI=1S/C69H123NO8/c1-3-5-7-9-11-13-15-17-19-21-23-25-26-27-28-29-30-31-32-33-34-35-36-37-38-39-41-43-45-47-49-51-53-55-57-59-65(73)70-62(61-77-69-68(76)67(75)66(74)64(60-71)78-69)63(72)58-56-54-52-50-48-46-44-42-40-24-22-20-18-16-14-12-10-8-6-4-2/h5,7,11,13,17,19,23,25,27-28,48,50,56,58,62-64,66-69,71-72,74-76H,3-4,6,8-10,12,14-16,18,20-22,24,26,29-47,49,51-55,57,59-61H2,1-2H3,(H,70,73)/b7-5-,13-11-,19-17-,25-23-,28-27-,50-48+,58-56+. The van der Waals surface area contributed by atoms with E-state index in [1.54, 1.807) is 6.08 Å². The monoisotopic (exact) mass is 1090 g/mol. The molecule has 0 aromatic rings. The molecule has 1 heterocycles. The summed E-state index contributed by atoms with van der Waals surface area (Å²) in [6.45, 7) is 3.67. The Balaban J connectivity index is 2.14. The third-order valence-corrected chi connectivity index (χ3v) is 15.2. The van der Waals surface area contributed by atoms with E-state index in [1.807, 2.05) is 6.08 Å². The van der Waals surface area contributed by atoms with E-state index in [0.717, 1.165) is 70.6 Å². The van der Waals surface area contributed by atoms with Crippen molar-refractivity contribution >= 4 is 5.91 Å². The molecule has 1 aliphatic rings. The molecule has 0 aliphatic carbocycles. The fourth-order valence-corrected chi connectivity index (χ4v) is 10.1. The highest BCUT2D eigenvalue weighted by Crippen LogP contribution is 2.23. The first-order valence-electron chi connectivity index (χ1n) is 32.8. The van der Waals surface area contributed by atoms with E-state index in [9.17, 15) is 30.3 Å². The molecule has 6 N–H and O–H groups in total. The molecule has 0 aromatic heterocycles. The van der Waals surface area contributed by atoms with Crippen LogP contribution in [0.4, 0.5) is 0 Å². The maximum Gasteiger partial charge on any atom is 0.220 e. The molecule has 7 unspecified atom stereocenters. The Morgan fingerprint density at radius 3 is 1.23 bits per heavy atom. The van der Waals surface area contributed by atoms with Gasteiger partial charge in [-0.2, -0.15) is 0 Å². The molecule has 1 amide bonds. The maximum absolute atomic E-state index is 13.1. The van der Waals surface area contributed by atoms with Gasteiger partial charge >= 0.3 is 0 Å². The number of carbonyl (C=O) groups is 1. The number of hydrogen-bond acceptors (Lipinski definition) is 8. The average Bonchev–Trinajstić information content (AvgIpc) is 3.45. The van der Waals surface area contributed by atoms with Crippen molar-refractivity contribution in [3.63, 3.8) is 0 Å². The number of carbonyl (C=O) groups excluding carboxylic acids is 1. The lowest BCUT2D eigenvalue weighted by molar-refractivity contribution is -0.302. The van der Waals surface area contributed by atoms with Crippen molar-refractivity contribution in [2.24, 2.45) is 0 Å². The van der Waals surface area contributed by atoms with Gasteiger partial charge in [0.1, 0.15) is 24.4 Å². The Morgan fingerprint density at radius 1 is 0.449 bits per heavy atom. The highest BCUT2D eigenvalue weighted by Gasteiger charge is 2.44. The molecule has 1 rings (SSSR count). The molecular weight excluding hydrogens is 971 g/mol. The topological polar surface area (TPSA) is 149 Å². The molecule has 7 atom stereocenters. The smallest absolute Gasteiger partial charge is 0.220 e. The lowest BCUT2D eigenvalue weighted by atomic mass is 9.99. The summed E-state index contributed by atoms with van der Waals surface area (Å²) >= 11 is 0. The maximum atomic E-state index is 13.1. The lowest BCUT2D eigenvalue weighted by Gasteiger charge is -2.40. The van der Waals surface area contributed by atoms with Crippen LogP contribution in [0.3, 0.4) is 0 Å². The van der Waals surface area contributed by atoms with Crippen LogP contribution in [0.1, 0.15) is 290 Å². The Kier molecular flexibility index (Phi) is 54.2. The van der Waals surface area contributed by atoms with Gasteiger partial charge in [-0.25, -0.2) is 0 Å². The van der Waals surface area contributed by atoms with Gasteiger partial charge in [-0.15, -0.1) is 0 Å². The number of hydrogen-bond donors (Lipinski definition) is 6. The minimum atomic E-state index is -1.57. The summed E-state index contributed by atoms with van der Waals surface area (Å²) in [5, 5.41) is 54.6. The fourth-order valence-electron chi connectivity index (χ4n) is 10.1. The second kappa shape index (κ2) is 57.6. The summed E-state index contributed by atoms with van der Waals surface area (Å²) in [4.78, 5) is 13.1. The predicted octanol–water partition coefficient (Wildman–Crippen LogP) is 17.4. The normalized spacial score (nSPS) is 19.2. The van der Waals surface area contributed by atoms with Gasteiger partial charge in [-0.1, -0.05) is 292 Å². The van der Waals surface area contributed by atoms with Crippen molar-refractivity contribution in [3.8, 4) is 0 Å². The largest absolute Gasteiger partial charge is 0.394 e. The first-order valence-corrected chi connectivity index (χ1v) is 32.8. The number of allylic oxidation sites excluding steroid dienone is 13. The summed E-state index contributed by atoms with van der Waals surface area (Å²) in [5.74, 6) is -0.185. The van der Waals surface area contributed by atoms with Gasteiger partial charge in [0.15, 0.2) is 6.29 Å². The SMILES string of the molecule is CC/C=C\C/C=C\C/C=C\C/C=C\C/C=C\CCCCCCCCCCCCCCCCCCCCCC(=O)NC(COC1OC(CO)C(O)C(O)C1O)C(O)/C=C/CC/C=C/CCCCCCCCCCCCCCCC. The molecule has 0 aromatic carbocycles. The van der Waals surface area contributed by atoms with Gasteiger partial charge in [-0.3, -0.25) is 4.79 Å². The van der Waals surface area contributed by atoms with Gasteiger partial charge in [0.2, 0.25) is 5.91 Å². The zero-order chi connectivity index (χ0) is 56.5. The van der Waals surface area contributed by atoms with E-state index in [4.69, 9.17) is 9.47 Å². The fraction of sp³-hybridized carbons (Fsp3) is 0.783. The van der Waals surface area contributed by atoms with Crippen LogP contribution in [0.15, 0.2) is 85.1 Å². The van der Waals surface area contributed by atoms with Crippen LogP contribution in [-0.2, 0) is 14.3 Å². The Bertz CT molecular complexity index is 1500. The van der Waals surface area contributed by atoms with Crippen LogP contribution in [0.25, 0.3) is 0 Å². The summed E-state index contributed by atoms with van der Waals surface area (Å²) in [7, 11) is 0. The zero-order valence-electron chi connectivity index (χ0n) is 50.4. The molecule has 0 bridgehead atoms. The molecule has 9 heteroatoms. The van der Waals surface area contributed by atoms with Gasteiger partial charge in [-0.05, 0) is 77.0 Å². The predicted molar refractivity (Wildman–Crippen MR) is 332 cm³/mol. The number of rotatable bonds is 56. The quantitative estimate of drug-likeness (QED) is 0.0261. The molecule has 1 fully saturated rings. The van der Waals surface area contributed by atoms with Crippen molar-refractivity contribution < 1.29 is 39.8 Å². The van der Waals surface area contributed by atoms with Crippen LogP contribution in [-0.4, -0.2) is 87.5 Å². The van der Waals surface area contributed by atoms with Crippen LogP contribution in [0.5, 0.6) is 0 Å². The molecule has 452 valence electrons. The highest BCUT2D eigenvalue weighted by atomic mass is 16.7. The molecule has 78 heavy (non-hydrogen) atoms. The molecule has 0 radical (unpaired) electrons. The van der Waals surface area contributed by atoms with Crippen molar-refractivity contribution in [1.29, 1.82) is 0 Å². The van der Waals surface area contributed by atoms with Gasteiger partial charge < -0.3 is 40.3 Å². The Labute approximate surface area is 480 Å². The minimum absolute atomic E-state index is 0.185. The minimum Gasteiger partial charge on any atom is -0.394 e.